The Hall–Kier alpha value is -3.30. The van der Waals surface area contributed by atoms with E-state index >= 15 is 0 Å². The van der Waals surface area contributed by atoms with Crippen LogP contribution in [0.5, 0.6) is 0 Å². The number of sulfonamides is 1. The van der Waals surface area contributed by atoms with Crippen LogP contribution in [0.2, 0.25) is 0 Å². The molecule has 0 spiro atoms. The zero-order chi connectivity index (χ0) is 22.7. The van der Waals surface area contributed by atoms with Crippen molar-refractivity contribution in [2.45, 2.75) is 24.7 Å². The largest absolute Gasteiger partial charge is 0.321 e. The molecule has 0 radical (unpaired) electrons. The molecule has 32 heavy (non-hydrogen) atoms. The van der Waals surface area contributed by atoms with Gasteiger partial charge >= 0.3 is 0 Å². The lowest BCUT2D eigenvalue weighted by atomic mass is 10.0. The van der Waals surface area contributed by atoms with Gasteiger partial charge in [0.2, 0.25) is 10.0 Å². The van der Waals surface area contributed by atoms with Gasteiger partial charge in [-0.3, -0.25) is 9.59 Å². The van der Waals surface area contributed by atoms with Crippen molar-refractivity contribution in [2.24, 2.45) is 5.92 Å². The van der Waals surface area contributed by atoms with Crippen molar-refractivity contribution in [3.8, 4) is 5.69 Å². The molecule has 8 nitrogen and oxygen atoms in total. The Morgan fingerprint density at radius 2 is 1.62 bits per heavy atom. The van der Waals surface area contributed by atoms with E-state index in [0.29, 0.717) is 30.4 Å². The zero-order valence-corrected chi connectivity index (χ0v) is 18.5. The maximum absolute atomic E-state index is 12.8. The number of rotatable bonds is 5. The van der Waals surface area contributed by atoms with Crippen LogP contribution in [0.3, 0.4) is 0 Å². The van der Waals surface area contributed by atoms with Crippen molar-refractivity contribution < 1.29 is 13.2 Å². The van der Waals surface area contributed by atoms with Gasteiger partial charge in [-0.1, -0.05) is 25.1 Å². The number of hydrogen-bond acceptors (Lipinski definition) is 5. The van der Waals surface area contributed by atoms with Gasteiger partial charge in [-0.15, -0.1) is 0 Å². The van der Waals surface area contributed by atoms with Gasteiger partial charge in [0.25, 0.3) is 11.5 Å². The minimum atomic E-state index is -3.55. The zero-order valence-electron chi connectivity index (χ0n) is 17.6. The quantitative estimate of drug-likeness (QED) is 0.641. The highest BCUT2D eigenvalue weighted by Gasteiger charge is 2.28. The third-order valence-corrected chi connectivity index (χ3v) is 7.44. The molecule has 0 saturated carbocycles. The first kappa shape index (κ1) is 21.9. The summed E-state index contributed by atoms with van der Waals surface area (Å²) in [5.74, 6) is 0.0270. The SMILES string of the molecule is CC1CCN(S(=O)(=O)c2ccc(NC(=O)c3ccc(=O)n(-c4ccccc4)n3)cc2)CC1. The van der Waals surface area contributed by atoms with Crippen molar-refractivity contribution in [1.29, 1.82) is 0 Å². The lowest BCUT2D eigenvalue weighted by Gasteiger charge is -2.29. The van der Waals surface area contributed by atoms with Crippen LogP contribution < -0.4 is 10.9 Å². The van der Waals surface area contributed by atoms with E-state index in [1.807, 2.05) is 6.07 Å². The van der Waals surface area contributed by atoms with Crippen molar-refractivity contribution in [3.05, 3.63) is 82.8 Å². The molecule has 1 aliphatic heterocycles. The van der Waals surface area contributed by atoms with Crippen LogP contribution >= 0.6 is 0 Å². The van der Waals surface area contributed by atoms with Crippen LogP contribution in [0.15, 0.2) is 76.4 Å². The van der Waals surface area contributed by atoms with Gasteiger partial charge in [0.15, 0.2) is 0 Å². The fraction of sp³-hybridized carbons (Fsp3) is 0.261. The van der Waals surface area contributed by atoms with Gasteiger partial charge in [0.1, 0.15) is 5.69 Å². The molecule has 1 aliphatic rings. The first-order chi connectivity index (χ1) is 15.3. The van der Waals surface area contributed by atoms with Crippen LogP contribution in [-0.2, 0) is 10.0 Å². The van der Waals surface area contributed by atoms with Crippen LogP contribution in [0.1, 0.15) is 30.3 Å². The molecule has 3 aromatic rings. The Balaban J connectivity index is 1.49. The Labute approximate surface area is 186 Å². The number of nitrogens with zero attached hydrogens (tertiary/aromatic N) is 3. The molecule has 0 unspecified atom stereocenters. The second kappa shape index (κ2) is 9.05. The average molecular weight is 453 g/mol. The van der Waals surface area contributed by atoms with Gasteiger partial charge in [-0.25, -0.2) is 8.42 Å². The van der Waals surface area contributed by atoms with E-state index in [0.717, 1.165) is 17.5 Å². The summed E-state index contributed by atoms with van der Waals surface area (Å²) in [6.07, 6.45) is 1.71. The third kappa shape index (κ3) is 4.63. The molecule has 1 N–H and O–H groups in total. The summed E-state index contributed by atoms with van der Waals surface area (Å²) in [6, 6.07) is 17.5. The molecule has 2 aromatic carbocycles. The molecule has 1 fully saturated rings. The summed E-state index contributed by atoms with van der Waals surface area (Å²) in [5.41, 5.74) is 0.691. The normalized spacial score (nSPS) is 15.4. The number of carbonyl (C=O) groups excluding carboxylic acids is 1. The molecular weight excluding hydrogens is 428 g/mol. The summed E-state index contributed by atoms with van der Waals surface area (Å²) in [5, 5.41) is 6.85. The number of para-hydroxylation sites is 1. The first-order valence-corrected chi connectivity index (χ1v) is 11.9. The predicted octanol–water partition coefficient (Wildman–Crippen LogP) is 2.91. The number of anilines is 1. The summed E-state index contributed by atoms with van der Waals surface area (Å²) in [6.45, 7) is 3.16. The Morgan fingerprint density at radius 3 is 2.28 bits per heavy atom. The molecule has 1 saturated heterocycles. The molecule has 0 atom stereocenters. The molecule has 4 rings (SSSR count). The number of benzene rings is 2. The number of nitrogens with one attached hydrogen (secondary N) is 1. The lowest BCUT2D eigenvalue weighted by Crippen LogP contribution is -2.37. The fourth-order valence-electron chi connectivity index (χ4n) is 3.57. The van der Waals surface area contributed by atoms with Gasteiger partial charge < -0.3 is 5.32 Å². The van der Waals surface area contributed by atoms with Crippen LogP contribution in [0.4, 0.5) is 5.69 Å². The van der Waals surface area contributed by atoms with Gasteiger partial charge in [-0.05, 0) is 61.2 Å². The van der Waals surface area contributed by atoms with Gasteiger partial charge in [0.05, 0.1) is 10.6 Å². The number of amides is 1. The monoisotopic (exact) mass is 452 g/mol. The molecular formula is C23H24N4O4S. The van der Waals surface area contributed by atoms with Crippen molar-refractivity contribution in [3.63, 3.8) is 0 Å². The van der Waals surface area contributed by atoms with Gasteiger partial charge in [-0.2, -0.15) is 14.1 Å². The Bertz CT molecular complexity index is 1260. The molecule has 0 aliphatic carbocycles. The van der Waals surface area contributed by atoms with Gasteiger partial charge in [0, 0.05) is 24.8 Å². The second-order valence-electron chi connectivity index (χ2n) is 7.87. The van der Waals surface area contributed by atoms with E-state index in [9.17, 15) is 18.0 Å². The molecule has 9 heteroatoms. The van der Waals surface area contributed by atoms with E-state index in [4.69, 9.17) is 0 Å². The molecule has 0 bridgehead atoms. The third-order valence-electron chi connectivity index (χ3n) is 5.53. The fourth-order valence-corrected chi connectivity index (χ4v) is 5.04. The van der Waals surface area contributed by atoms with E-state index in [1.54, 1.807) is 36.4 Å². The molecule has 1 aromatic heterocycles. The average Bonchev–Trinajstić information content (AvgIpc) is 2.80. The second-order valence-corrected chi connectivity index (χ2v) is 9.81. The number of piperidine rings is 1. The van der Waals surface area contributed by atoms with E-state index in [2.05, 4.69) is 17.3 Å². The maximum atomic E-state index is 12.8. The lowest BCUT2D eigenvalue weighted by molar-refractivity contribution is 0.102. The van der Waals surface area contributed by atoms with Crippen molar-refractivity contribution >= 4 is 21.6 Å². The molecule has 2 heterocycles. The summed E-state index contributed by atoms with van der Waals surface area (Å²) in [7, 11) is -3.55. The van der Waals surface area contributed by atoms with E-state index in [-0.39, 0.29) is 16.1 Å². The summed E-state index contributed by atoms with van der Waals surface area (Å²) in [4.78, 5) is 25.0. The predicted molar refractivity (Wildman–Crippen MR) is 121 cm³/mol. The molecule has 166 valence electrons. The number of hydrogen-bond donors (Lipinski definition) is 1. The van der Waals surface area contributed by atoms with Crippen LogP contribution in [-0.4, -0.2) is 41.5 Å². The Morgan fingerprint density at radius 1 is 0.969 bits per heavy atom. The standard InChI is InChI=1S/C23H24N4O4S/c1-17-13-15-26(16-14-17)32(30,31)20-9-7-18(8-10-20)24-23(29)21-11-12-22(28)27(25-21)19-5-3-2-4-6-19/h2-12,17H,13-16H2,1H3,(H,24,29). The van der Waals surface area contributed by atoms with Crippen molar-refractivity contribution in [2.75, 3.05) is 18.4 Å². The van der Waals surface area contributed by atoms with Crippen molar-refractivity contribution in [1.82, 2.24) is 14.1 Å². The Kier molecular flexibility index (Phi) is 6.20. The highest BCUT2D eigenvalue weighted by molar-refractivity contribution is 7.89. The summed E-state index contributed by atoms with van der Waals surface area (Å²) < 4.78 is 28.4. The minimum absolute atomic E-state index is 0.0626. The smallest absolute Gasteiger partial charge is 0.276 e. The van der Waals surface area contributed by atoms with Crippen LogP contribution in [0.25, 0.3) is 5.69 Å². The van der Waals surface area contributed by atoms with E-state index in [1.165, 1.54) is 28.6 Å². The first-order valence-electron chi connectivity index (χ1n) is 10.4. The topological polar surface area (TPSA) is 101 Å². The maximum Gasteiger partial charge on any atom is 0.276 e. The highest BCUT2D eigenvalue weighted by Crippen LogP contribution is 2.24. The summed E-state index contributed by atoms with van der Waals surface area (Å²) >= 11 is 0. The molecule has 1 amide bonds. The minimum Gasteiger partial charge on any atom is -0.321 e. The number of carbonyl (C=O) groups is 1. The van der Waals surface area contributed by atoms with E-state index < -0.39 is 15.9 Å². The number of aromatic nitrogens is 2. The van der Waals surface area contributed by atoms with Crippen LogP contribution in [0, 0.1) is 5.92 Å². The highest BCUT2D eigenvalue weighted by atomic mass is 32.2.